The smallest absolute Gasteiger partial charge is 0.227 e. The number of anilines is 1. The fraction of sp³-hybridized carbons (Fsp3) is 0.500. The molecule has 1 aliphatic rings. The first kappa shape index (κ1) is 12.1. The third-order valence-electron chi connectivity index (χ3n) is 3.63. The van der Waals surface area contributed by atoms with E-state index in [2.05, 4.69) is 33.8 Å². The number of aryl methyl sites for hydroxylation is 2. The highest BCUT2D eigenvalue weighted by Gasteiger charge is 2.25. The summed E-state index contributed by atoms with van der Waals surface area (Å²) < 4.78 is 5.88. The van der Waals surface area contributed by atoms with Gasteiger partial charge in [0.25, 0.3) is 0 Å². The van der Waals surface area contributed by atoms with Crippen molar-refractivity contribution in [2.24, 2.45) is 0 Å². The Balaban J connectivity index is 2.34. The third-order valence-corrected chi connectivity index (χ3v) is 3.63. The maximum atomic E-state index is 5.88. The minimum absolute atomic E-state index is 0.312. The monoisotopic (exact) mass is 258 g/mol. The molecule has 5 heteroatoms. The molecule has 3 rings (SSSR count). The molecular weight excluding hydrogens is 240 g/mol. The standard InChI is InChI=1S/C14H18N4O/c1-5-10-7-19-14-12-11(6-8(2)15-14)16-9(3)17-13(12)18(10)4/h6,10H,5,7H2,1-4H3/t10-/m0/s1. The summed E-state index contributed by atoms with van der Waals surface area (Å²) in [6.45, 7) is 6.67. The quantitative estimate of drug-likeness (QED) is 0.785. The van der Waals surface area contributed by atoms with Gasteiger partial charge in [0.1, 0.15) is 23.6 Å². The van der Waals surface area contributed by atoms with Crippen LogP contribution in [0.2, 0.25) is 0 Å². The number of rotatable bonds is 1. The molecule has 0 unspecified atom stereocenters. The molecule has 0 radical (unpaired) electrons. The molecule has 0 N–H and O–H groups in total. The zero-order chi connectivity index (χ0) is 13.6. The van der Waals surface area contributed by atoms with Crippen molar-refractivity contribution in [1.29, 1.82) is 0 Å². The van der Waals surface area contributed by atoms with E-state index in [0.29, 0.717) is 18.5 Å². The largest absolute Gasteiger partial charge is 0.475 e. The van der Waals surface area contributed by atoms with Crippen LogP contribution >= 0.6 is 0 Å². The molecule has 0 aromatic carbocycles. The summed E-state index contributed by atoms with van der Waals surface area (Å²) in [6.07, 6.45) is 1.01. The zero-order valence-corrected chi connectivity index (χ0v) is 11.8. The van der Waals surface area contributed by atoms with Crippen molar-refractivity contribution in [3.05, 3.63) is 17.6 Å². The molecule has 0 bridgehead atoms. The van der Waals surface area contributed by atoms with Crippen LogP contribution in [0.5, 0.6) is 5.88 Å². The molecule has 100 valence electrons. The molecule has 5 nitrogen and oxygen atoms in total. The maximum Gasteiger partial charge on any atom is 0.227 e. The van der Waals surface area contributed by atoms with Crippen molar-refractivity contribution in [2.75, 3.05) is 18.6 Å². The second-order valence-corrected chi connectivity index (χ2v) is 5.04. The number of ether oxygens (including phenoxy) is 1. The molecule has 1 atom stereocenters. The first-order valence-electron chi connectivity index (χ1n) is 6.61. The van der Waals surface area contributed by atoms with Crippen molar-refractivity contribution in [3.63, 3.8) is 0 Å². The van der Waals surface area contributed by atoms with Crippen LogP contribution in [0, 0.1) is 13.8 Å². The first-order valence-corrected chi connectivity index (χ1v) is 6.61. The van der Waals surface area contributed by atoms with Crippen LogP contribution in [0.4, 0.5) is 5.82 Å². The number of pyridine rings is 1. The van der Waals surface area contributed by atoms with Crippen LogP contribution in [0.1, 0.15) is 24.9 Å². The average molecular weight is 258 g/mol. The molecule has 2 aromatic heterocycles. The van der Waals surface area contributed by atoms with E-state index < -0.39 is 0 Å². The fourth-order valence-electron chi connectivity index (χ4n) is 2.55. The Hall–Kier alpha value is -1.91. The van der Waals surface area contributed by atoms with E-state index >= 15 is 0 Å². The van der Waals surface area contributed by atoms with Crippen LogP contribution in [0.15, 0.2) is 6.07 Å². The van der Waals surface area contributed by atoms with E-state index in [-0.39, 0.29) is 0 Å². The molecule has 0 fully saturated rings. The number of nitrogens with zero attached hydrogens (tertiary/aromatic N) is 4. The Morgan fingerprint density at radius 2 is 2.11 bits per heavy atom. The highest BCUT2D eigenvalue weighted by Crippen LogP contribution is 2.34. The van der Waals surface area contributed by atoms with E-state index in [0.717, 1.165) is 34.7 Å². The summed E-state index contributed by atoms with van der Waals surface area (Å²) in [7, 11) is 2.06. The summed E-state index contributed by atoms with van der Waals surface area (Å²) in [4.78, 5) is 15.8. The van der Waals surface area contributed by atoms with Gasteiger partial charge in [-0.05, 0) is 26.3 Å². The molecule has 0 saturated carbocycles. The van der Waals surface area contributed by atoms with Crippen molar-refractivity contribution < 1.29 is 4.74 Å². The first-order chi connectivity index (χ1) is 9.10. The van der Waals surface area contributed by atoms with Crippen LogP contribution in [0.25, 0.3) is 10.9 Å². The second-order valence-electron chi connectivity index (χ2n) is 5.04. The highest BCUT2D eigenvalue weighted by atomic mass is 16.5. The fourth-order valence-corrected chi connectivity index (χ4v) is 2.55. The normalized spacial score (nSPS) is 18.3. The Kier molecular flexibility index (Phi) is 2.77. The molecule has 1 aliphatic heterocycles. The van der Waals surface area contributed by atoms with Crippen LogP contribution in [-0.2, 0) is 0 Å². The van der Waals surface area contributed by atoms with Crippen molar-refractivity contribution in [1.82, 2.24) is 15.0 Å². The summed E-state index contributed by atoms with van der Waals surface area (Å²) in [5.74, 6) is 2.37. The molecule has 3 heterocycles. The van der Waals surface area contributed by atoms with Gasteiger partial charge in [-0.1, -0.05) is 6.92 Å². The van der Waals surface area contributed by atoms with Gasteiger partial charge in [-0.25, -0.2) is 15.0 Å². The number of aromatic nitrogens is 3. The molecule has 2 aromatic rings. The maximum absolute atomic E-state index is 5.88. The van der Waals surface area contributed by atoms with Gasteiger partial charge in [0.15, 0.2) is 0 Å². The molecule has 0 saturated heterocycles. The number of hydrogen-bond acceptors (Lipinski definition) is 5. The topological polar surface area (TPSA) is 51.1 Å². The van der Waals surface area contributed by atoms with Gasteiger partial charge in [0.2, 0.25) is 5.88 Å². The Bertz CT molecular complexity index is 636. The van der Waals surface area contributed by atoms with Gasteiger partial charge < -0.3 is 9.64 Å². The zero-order valence-electron chi connectivity index (χ0n) is 11.8. The van der Waals surface area contributed by atoms with Gasteiger partial charge in [-0.3, -0.25) is 0 Å². The predicted octanol–water partition coefficient (Wildman–Crippen LogP) is 2.25. The van der Waals surface area contributed by atoms with Gasteiger partial charge in [0, 0.05) is 12.7 Å². The molecular formula is C14H18N4O. The summed E-state index contributed by atoms with van der Waals surface area (Å²) >= 11 is 0. The van der Waals surface area contributed by atoms with Crippen LogP contribution in [0.3, 0.4) is 0 Å². The van der Waals surface area contributed by atoms with Crippen LogP contribution in [-0.4, -0.2) is 34.6 Å². The Labute approximate surface area is 112 Å². The second kappa shape index (κ2) is 4.33. The number of likely N-dealkylation sites (N-methyl/N-ethyl adjacent to an activating group) is 1. The van der Waals surface area contributed by atoms with Gasteiger partial charge in [-0.2, -0.15) is 0 Å². The molecule has 0 amide bonds. The van der Waals surface area contributed by atoms with Crippen molar-refractivity contribution >= 4 is 16.7 Å². The SMILES string of the molecule is CC[C@H]1COc2nc(C)cc3nc(C)nc(c23)N1C. The predicted molar refractivity (Wildman–Crippen MR) is 74.8 cm³/mol. The van der Waals surface area contributed by atoms with Gasteiger partial charge >= 0.3 is 0 Å². The van der Waals surface area contributed by atoms with E-state index in [1.807, 2.05) is 19.9 Å². The Morgan fingerprint density at radius 3 is 2.84 bits per heavy atom. The van der Waals surface area contributed by atoms with Crippen molar-refractivity contribution in [2.45, 2.75) is 33.2 Å². The number of hydrogen-bond donors (Lipinski definition) is 0. The van der Waals surface area contributed by atoms with Gasteiger partial charge in [-0.15, -0.1) is 0 Å². The summed E-state index contributed by atoms with van der Waals surface area (Å²) in [5.41, 5.74) is 1.83. The summed E-state index contributed by atoms with van der Waals surface area (Å²) in [6, 6.07) is 2.30. The van der Waals surface area contributed by atoms with Crippen LogP contribution < -0.4 is 9.64 Å². The lowest BCUT2D eigenvalue weighted by molar-refractivity contribution is 0.279. The lowest BCUT2D eigenvalue weighted by Gasteiger charge is -2.25. The van der Waals surface area contributed by atoms with E-state index in [1.54, 1.807) is 0 Å². The molecule has 0 spiro atoms. The summed E-state index contributed by atoms with van der Waals surface area (Å²) in [5, 5.41) is 0.926. The average Bonchev–Trinajstić information content (AvgIpc) is 2.48. The highest BCUT2D eigenvalue weighted by molar-refractivity contribution is 5.94. The minimum atomic E-state index is 0.312. The molecule has 19 heavy (non-hydrogen) atoms. The lowest BCUT2D eigenvalue weighted by atomic mass is 10.2. The van der Waals surface area contributed by atoms with E-state index in [1.165, 1.54) is 0 Å². The minimum Gasteiger partial charge on any atom is -0.475 e. The Morgan fingerprint density at radius 1 is 1.32 bits per heavy atom. The lowest BCUT2D eigenvalue weighted by Crippen LogP contribution is -2.35. The van der Waals surface area contributed by atoms with Crippen molar-refractivity contribution in [3.8, 4) is 5.88 Å². The van der Waals surface area contributed by atoms with E-state index in [4.69, 9.17) is 4.74 Å². The van der Waals surface area contributed by atoms with Gasteiger partial charge in [0.05, 0.1) is 11.6 Å². The van der Waals surface area contributed by atoms with E-state index in [9.17, 15) is 0 Å². The third kappa shape index (κ3) is 1.89. The molecule has 0 aliphatic carbocycles.